The molecule has 1 heterocycles. The average Bonchev–Trinajstić information content (AvgIpc) is 2.30. The summed E-state index contributed by atoms with van der Waals surface area (Å²) in [6, 6.07) is 1.88. The molecule has 0 bridgehead atoms. The number of aliphatic hydroxyl groups excluding tert-OH is 1. The molecule has 0 fully saturated rings. The first-order valence-corrected chi connectivity index (χ1v) is 5.18. The summed E-state index contributed by atoms with van der Waals surface area (Å²) in [5, 5.41) is 11.7. The van der Waals surface area contributed by atoms with Crippen molar-refractivity contribution in [3.8, 4) is 0 Å². The molecular formula is C10H18N4O. The maximum absolute atomic E-state index is 8.79. The first-order chi connectivity index (χ1) is 7.31. The third kappa shape index (κ3) is 3.36. The van der Waals surface area contributed by atoms with E-state index in [9.17, 15) is 0 Å². The number of aromatic nitrogens is 2. The molecule has 1 aromatic rings. The van der Waals surface area contributed by atoms with Crippen LogP contribution in [0.1, 0.15) is 13.3 Å². The minimum absolute atomic E-state index is 0.209. The standard InChI is InChI=1S/C10H18N4O/c1-3-14(7-4-8-15)9-5-6-12-10(11-2)13-9/h5-6,15H,3-4,7-8H2,1-2H3,(H,11,12,13). The lowest BCUT2D eigenvalue weighted by Gasteiger charge is -2.21. The number of nitrogens with zero attached hydrogens (tertiary/aromatic N) is 3. The summed E-state index contributed by atoms with van der Waals surface area (Å²) in [5.41, 5.74) is 0. The molecule has 0 amide bonds. The molecule has 0 saturated heterocycles. The highest BCUT2D eigenvalue weighted by Gasteiger charge is 2.05. The van der Waals surface area contributed by atoms with Gasteiger partial charge in [0.2, 0.25) is 5.95 Å². The lowest BCUT2D eigenvalue weighted by molar-refractivity contribution is 0.289. The fourth-order valence-corrected chi connectivity index (χ4v) is 1.34. The van der Waals surface area contributed by atoms with E-state index in [1.807, 2.05) is 6.07 Å². The van der Waals surface area contributed by atoms with Gasteiger partial charge in [0.05, 0.1) is 0 Å². The molecule has 5 heteroatoms. The highest BCUT2D eigenvalue weighted by molar-refractivity contribution is 5.41. The van der Waals surface area contributed by atoms with Crippen LogP contribution in [0.15, 0.2) is 12.3 Å². The zero-order valence-electron chi connectivity index (χ0n) is 9.27. The van der Waals surface area contributed by atoms with Crippen LogP contribution in [-0.4, -0.2) is 41.8 Å². The van der Waals surface area contributed by atoms with Crippen LogP contribution < -0.4 is 10.2 Å². The zero-order chi connectivity index (χ0) is 11.1. The molecule has 0 spiro atoms. The maximum Gasteiger partial charge on any atom is 0.224 e. The van der Waals surface area contributed by atoms with E-state index < -0.39 is 0 Å². The molecule has 0 aliphatic carbocycles. The molecule has 0 aliphatic rings. The SMILES string of the molecule is CCN(CCCO)c1ccnc(NC)n1. The average molecular weight is 210 g/mol. The Balaban J connectivity index is 2.72. The third-order valence-corrected chi connectivity index (χ3v) is 2.16. The Labute approximate surface area is 90.2 Å². The van der Waals surface area contributed by atoms with Gasteiger partial charge in [-0.15, -0.1) is 0 Å². The largest absolute Gasteiger partial charge is 0.396 e. The highest BCUT2D eigenvalue weighted by atomic mass is 16.3. The number of rotatable bonds is 6. The first-order valence-electron chi connectivity index (χ1n) is 5.18. The summed E-state index contributed by atoms with van der Waals surface area (Å²) < 4.78 is 0. The smallest absolute Gasteiger partial charge is 0.224 e. The van der Waals surface area contributed by atoms with E-state index in [0.29, 0.717) is 5.95 Å². The molecule has 5 nitrogen and oxygen atoms in total. The molecule has 84 valence electrons. The zero-order valence-corrected chi connectivity index (χ0v) is 9.27. The molecule has 2 N–H and O–H groups in total. The summed E-state index contributed by atoms with van der Waals surface area (Å²) in [6.07, 6.45) is 2.49. The Hall–Kier alpha value is -1.36. The molecule has 0 radical (unpaired) electrons. The summed E-state index contributed by atoms with van der Waals surface area (Å²) in [6.45, 7) is 3.96. The van der Waals surface area contributed by atoms with Gasteiger partial charge in [-0.2, -0.15) is 4.98 Å². The van der Waals surface area contributed by atoms with Crippen molar-refractivity contribution in [1.29, 1.82) is 0 Å². The van der Waals surface area contributed by atoms with E-state index in [0.717, 1.165) is 25.3 Å². The van der Waals surface area contributed by atoms with Crippen molar-refractivity contribution in [2.45, 2.75) is 13.3 Å². The van der Waals surface area contributed by atoms with Gasteiger partial charge in [0, 0.05) is 32.9 Å². The Kier molecular flexibility index (Phi) is 4.83. The summed E-state index contributed by atoms with van der Waals surface area (Å²) >= 11 is 0. The topological polar surface area (TPSA) is 61.3 Å². The van der Waals surface area contributed by atoms with Gasteiger partial charge in [-0.3, -0.25) is 0 Å². The van der Waals surface area contributed by atoms with E-state index in [-0.39, 0.29) is 6.61 Å². The number of hydrogen-bond donors (Lipinski definition) is 2. The van der Waals surface area contributed by atoms with Crippen molar-refractivity contribution in [1.82, 2.24) is 9.97 Å². The second-order valence-corrected chi connectivity index (χ2v) is 3.15. The lowest BCUT2D eigenvalue weighted by atomic mass is 10.4. The van der Waals surface area contributed by atoms with E-state index in [4.69, 9.17) is 5.11 Å². The molecule has 1 aromatic heterocycles. The van der Waals surface area contributed by atoms with Gasteiger partial charge in [-0.1, -0.05) is 0 Å². The summed E-state index contributed by atoms with van der Waals surface area (Å²) in [4.78, 5) is 10.5. The van der Waals surface area contributed by atoms with Crippen LogP contribution in [0.4, 0.5) is 11.8 Å². The van der Waals surface area contributed by atoms with Crippen molar-refractivity contribution in [2.24, 2.45) is 0 Å². The van der Waals surface area contributed by atoms with Gasteiger partial charge in [0.1, 0.15) is 5.82 Å². The second-order valence-electron chi connectivity index (χ2n) is 3.15. The van der Waals surface area contributed by atoms with Gasteiger partial charge in [-0.25, -0.2) is 4.98 Å². The van der Waals surface area contributed by atoms with Gasteiger partial charge in [0.25, 0.3) is 0 Å². The second kappa shape index (κ2) is 6.19. The number of hydrogen-bond acceptors (Lipinski definition) is 5. The van der Waals surface area contributed by atoms with Gasteiger partial charge in [-0.05, 0) is 19.4 Å². The molecule has 0 saturated carbocycles. The fraction of sp³-hybridized carbons (Fsp3) is 0.600. The fourth-order valence-electron chi connectivity index (χ4n) is 1.34. The van der Waals surface area contributed by atoms with Crippen LogP contribution in [0, 0.1) is 0 Å². The van der Waals surface area contributed by atoms with Crippen LogP contribution in [0.3, 0.4) is 0 Å². The Morgan fingerprint density at radius 2 is 2.33 bits per heavy atom. The van der Waals surface area contributed by atoms with E-state index in [2.05, 4.69) is 27.1 Å². The summed E-state index contributed by atoms with van der Waals surface area (Å²) in [5.74, 6) is 1.51. The van der Waals surface area contributed by atoms with Crippen molar-refractivity contribution in [3.05, 3.63) is 12.3 Å². The van der Waals surface area contributed by atoms with Crippen LogP contribution in [0.25, 0.3) is 0 Å². The molecule has 0 aromatic carbocycles. The third-order valence-electron chi connectivity index (χ3n) is 2.16. The van der Waals surface area contributed by atoms with Crippen molar-refractivity contribution >= 4 is 11.8 Å². The van der Waals surface area contributed by atoms with E-state index in [1.54, 1.807) is 13.2 Å². The molecular weight excluding hydrogens is 192 g/mol. The predicted octanol–water partition coefficient (Wildman–Crippen LogP) is 0.727. The van der Waals surface area contributed by atoms with Crippen LogP contribution in [0.5, 0.6) is 0 Å². The minimum Gasteiger partial charge on any atom is -0.396 e. The van der Waals surface area contributed by atoms with Crippen molar-refractivity contribution < 1.29 is 5.11 Å². The van der Waals surface area contributed by atoms with Gasteiger partial charge < -0.3 is 15.3 Å². The first kappa shape index (κ1) is 11.7. The molecule has 0 atom stereocenters. The van der Waals surface area contributed by atoms with Crippen LogP contribution in [-0.2, 0) is 0 Å². The Morgan fingerprint density at radius 3 is 2.93 bits per heavy atom. The Bertz CT molecular complexity index is 293. The predicted molar refractivity (Wildman–Crippen MR) is 61.2 cm³/mol. The molecule has 0 unspecified atom stereocenters. The van der Waals surface area contributed by atoms with Crippen LogP contribution in [0.2, 0.25) is 0 Å². The number of nitrogens with one attached hydrogen (secondary N) is 1. The van der Waals surface area contributed by atoms with E-state index in [1.165, 1.54) is 0 Å². The molecule has 1 rings (SSSR count). The lowest BCUT2D eigenvalue weighted by Crippen LogP contribution is -2.25. The van der Waals surface area contributed by atoms with Gasteiger partial charge in [0.15, 0.2) is 0 Å². The van der Waals surface area contributed by atoms with Gasteiger partial charge >= 0.3 is 0 Å². The summed E-state index contributed by atoms with van der Waals surface area (Å²) in [7, 11) is 1.79. The number of aliphatic hydroxyl groups is 1. The van der Waals surface area contributed by atoms with Crippen molar-refractivity contribution in [2.75, 3.05) is 37.0 Å². The quantitative estimate of drug-likeness (QED) is 0.724. The van der Waals surface area contributed by atoms with E-state index >= 15 is 0 Å². The van der Waals surface area contributed by atoms with Crippen molar-refractivity contribution in [3.63, 3.8) is 0 Å². The van der Waals surface area contributed by atoms with Crippen LogP contribution >= 0.6 is 0 Å². The molecule has 0 aliphatic heterocycles. The normalized spacial score (nSPS) is 10.1. The molecule has 15 heavy (non-hydrogen) atoms. The Morgan fingerprint density at radius 1 is 1.53 bits per heavy atom. The highest BCUT2D eigenvalue weighted by Crippen LogP contribution is 2.11. The maximum atomic E-state index is 8.79. The minimum atomic E-state index is 0.209. The monoisotopic (exact) mass is 210 g/mol. The number of anilines is 2.